The Morgan fingerprint density at radius 2 is 1.88 bits per heavy atom. The summed E-state index contributed by atoms with van der Waals surface area (Å²) in [6.45, 7) is 2.86. The second-order valence-corrected chi connectivity index (χ2v) is 4.03. The van der Waals surface area contributed by atoms with Crippen molar-refractivity contribution in [3.63, 3.8) is 0 Å². The first-order valence-corrected chi connectivity index (χ1v) is 5.72. The van der Waals surface area contributed by atoms with Crippen LogP contribution in [0.5, 0.6) is 5.75 Å². The molecule has 1 N–H and O–H groups in total. The normalized spacial score (nSPS) is 10.0. The summed E-state index contributed by atoms with van der Waals surface area (Å²) in [5.74, 6) is 0.924. The lowest BCUT2D eigenvalue weighted by Crippen LogP contribution is -2.01. The van der Waals surface area contributed by atoms with E-state index in [4.69, 9.17) is 4.74 Å². The quantitative estimate of drug-likeness (QED) is 0.861. The number of hydrogen-bond donors (Lipinski definition) is 1. The molecule has 2 aromatic rings. The molecule has 0 bridgehead atoms. The number of para-hydroxylation sites is 1. The first-order chi connectivity index (χ1) is 8.29. The van der Waals surface area contributed by atoms with Gasteiger partial charge in [0, 0.05) is 17.8 Å². The highest BCUT2D eigenvalue weighted by Gasteiger charge is 2.00. The SMILES string of the molecule is COc1ccccc1CNc1cccc(C)c1. The number of benzene rings is 2. The van der Waals surface area contributed by atoms with Crippen molar-refractivity contribution < 1.29 is 4.74 Å². The van der Waals surface area contributed by atoms with Gasteiger partial charge in [-0.25, -0.2) is 0 Å². The summed E-state index contributed by atoms with van der Waals surface area (Å²) in [7, 11) is 1.70. The minimum absolute atomic E-state index is 0.771. The third-order valence-electron chi connectivity index (χ3n) is 2.69. The Morgan fingerprint density at radius 3 is 2.65 bits per heavy atom. The van der Waals surface area contributed by atoms with Crippen molar-refractivity contribution in [2.45, 2.75) is 13.5 Å². The topological polar surface area (TPSA) is 21.3 Å². The number of nitrogens with one attached hydrogen (secondary N) is 1. The summed E-state index contributed by atoms with van der Waals surface area (Å²) in [4.78, 5) is 0. The van der Waals surface area contributed by atoms with Crippen LogP contribution in [0.3, 0.4) is 0 Å². The van der Waals surface area contributed by atoms with Crippen molar-refractivity contribution in [3.8, 4) is 5.75 Å². The maximum absolute atomic E-state index is 5.32. The second kappa shape index (κ2) is 5.39. The fraction of sp³-hybridized carbons (Fsp3) is 0.200. The smallest absolute Gasteiger partial charge is 0.123 e. The molecular weight excluding hydrogens is 210 g/mol. The van der Waals surface area contributed by atoms with Gasteiger partial charge in [0.1, 0.15) is 5.75 Å². The van der Waals surface area contributed by atoms with E-state index in [9.17, 15) is 0 Å². The van der Waals surface area contributed by atoms with Gasteiger partial charge in [-0.2, -0.15) is 0 Å². The first-order valence-electron chi connectivity index (χ1n) is 5.72. The van der Waals surface area contributed by atoms with Gasteiger partial charge in [-0.15, -0.1) is 0 Å². The van der Waals surface area contributed by atoms with E-state index in [0.717, 1.165) is 23.5 Å². The molecule has 0 aliphatic carbocycles. The van der Waals surface area contributed by atoms with Crippen molar-refractivity contribution in [2.24, 2.45) is 0 Å². The van der Waals surface area contributed by atoms with Crippen LogP contribution in [-0.4, -0.2) is 7.11 Å². The summed E-state index contributed by atoms with van der Waals surface area (Å²) in [5.41, 5.74) is 3.56. The fourth-order valence-electron chi connectivity index (χ4n) is 1.80. The van der Waals surface area contributed by atoms with Crippen molar-refractivity contribution in [1.29, 1.82) is 0 Å². The molecule has 0 unspecified atom stereocenters. The van der Waals surface area contributed by atoms with Crippen LogP contribution in [0, 0.1) is 6.92 Å². The number of methoxy groups -OCH3 is 1. The predicted octanol–water partition coefficient (Wildman–Crippen LogP) is 3.62. The zero-order valence-electron chi connectivity index (χ0n) is 10.2. The van der Waals surface area contributed by atoms with Crippen LogP contribution >= 0.6 is 0 Å². The molecule has 0 saturated carbocycles. The average molecular weight is 227 g/mol. The van der Waals surface area contributed by atoms with Gasteiger partial charge in [0.15, 0.2) is 0 Å². The lowest BCUT2D eigenvalue weighted by atomic mass is 10.2. The molecule has 2 nitrogen and oxygen atoms in total. The zero-order chi connectivity index (χ0) is 12.1. The Balaban J connectivity index is 2.07. The molecule has 2 rings (SSSR count). The van der Waals surface area contributed by atoms with E-state index in [1.54, 1.807) is 7.11 Å². The lowest BCUT2D eigenvalue weighted by Gasteiger charge is -2.10. The van der Waals surface area contributed by atoms with Gasteiger partial charge in [-0.1, -0.05) is 30.3 Å². The molecule has 0 radical (unpaired) electrons. The molecule has 2 aromatic carbocycles. The standard InChI is InChI=1S/C15H17NO/c1-12-6-5-8-14(10-12)16-11-13-7-3-4-9-15(13)17-2/h3-10,16H,11H2,1-2H3. The van der Waals surface area contributed by atoms with Crippen LogP contribution < -0.4 is 10.1 Å². The van der Waals surface area contributed by atoms with E-state index >= 15 is 0 Å². The molecule has 0 spiro atoms. The first kappa shape index (κ1) is 11.5. The predicted molar refractivity (Wildman–Crippen MR) is 71.5 cm³/mol. The molecule has 0 saturated heterocycles. The zero-order valence-corrected chi connectivity index (χ0v) is 10.2. The van der Waals surface area contributed by atoms with E-state index < -0.39 is 0 Å². The lowest BCUT2D eigenvalue weighted by molar-refractivity contribution is 0.410. The maximum Gasteiger partial charge on any atom is 0.123 e. The Labute approximate surface area is 102 Å². The van der Waals surface area contributed by atoms with Gasteiger partial charge in [-0.3, -0.25) is 0 Å². The Kier molecular flexibility index (Phi) is 3.66. The average Bonchev–Trinajstić information content (AvgIpc) is 2.37. The van der Waals surface area contributed by atoms with E-state index in [0.29, 0.717) is 0 Å². The second-order valence-electron chi connectivity index (χ2n) is 4.03. The molecule has 88 valence electrons. The maximum atomic E-state index is 5.32. The highest BCUT2D eigenvalue weighted by Crippen LogP contribution is 2.19. The molecule has 0 heterocycles. The minimum atomic E-state index is 0.771. The molecular formula is C15H17NO. The molecule has 0 aliphatic heterocycles. The number of hydrogen-bond acceptors (Lipinski definition) is 2. The number of anilines is 1. The van der Waals surface area contributed by atoms with Gasteiger partial charge in [0.05, 0.1) is 7.11 Å². The third kappa shape index (κ3) is 3.00. The van der Waals surface area contributed by atoms with E-state index in [1.807, 2.05) is 18.2 Å². The summed E-state index contributed by atoms with van der Waals surface area (Å²) in [6.07, 6.45) is 0. The molecule has 2 heteroatoms. The van der Waals surface area contributed by atoms with Gasteiger partial charge in [0.2, 0.25) is 0 Å². The monoisotopic (exact) mass is 227 g/mol. The molecule has 0 aromatic heterocycles. The van der Waals surface area contributed by atoms with Gasteiger partial charge < -0.3 is 10.1 Å². The number of aryl methyl sites for hydroxylation is 1. The highest BCUT2D eigenvalue weighted by atomic mass is 16.5. The van der Waals surface area contributed by atoms with Crippen molar-refractivity contribution in [3.05, 3.63) is 59.7 Å². The number of rotatable bonds is 4. The Bertz CT molecular complexity index is 494. The van der Waals surface area contributed by atoms with Gasteiger partial charge in [0.25, 0.3) is 0 Å². The Hall–Kier alpha value is -1.96. The summed E-state index contributed by atoms with van der Waals surface area (Å²) in [6, 6.07) is 16.4. The van der Waals surface area contributed by atoms with Gasteiger partial charge in [-0.05, 0) is 30.7 Å². The van der Waals surface area contributed by atoms with E-state index in [2.05, 4.69) is 42.6 Å². The molecule has 17 heavy (non-hydrogen) atoms. The van der Waals surface area contributed by atoms with Crippen LogP contribution in [-0.2, 0) is 6.54 Å². The minimum Gasteiger partial charge on any atom is -0.496 e. The molecule has 0 aliphatic rings. The number of ether oxygens (including phenoxy) is 1. The summed E-state index contributed by atoms with van der Waals surface area (Å²) < 4.78 is 5.32. The molecule has 0 fully saturated rings. The van der Waals surface area contributed by atoms with Crippen LogP contribution in [0.2, 0.25) is 0 Å². The summed E-state index contributed by atoms with van der Waals surface area (Å²) in [5, 5.41) is 3.40. The van der Waals surface area contributed by atoms with Crippen LogP contribution in [0.1, 0.15) is 11.1 Å². The van der Waals surface area contributed by atoms with Crippen molar-refractivity contribution >= 4 is 5.69 Å². The molecule has 0 amide bonds. The van der Waals surface area contributed by atoms with Crippen molar-refractivity contribution in [1.82, 2.24) is 0 Å². The Morgan fingerprint density at radius 1 is 1.06 bits per heavy atom. The molecule has 0 atom stereocenters. The van der Waals surface area contributed by atoms with Gasteiger partial charge >= 0.3 is 0 Å². The third-order valence-corrected chi connectivity index (χ3v) is 2.69. The van der Waals surface area contributed by atoms with E-state index in [-0.39, 0.29) is 0 Å². The van der Waals surface area contributed by atoms with Crippen LogP contribution in [0.25, 0.3) is 0 Å². The fourth-order valence-corrected chi connectivity index (χ4v) is 1.80. The van der Waals surface area contributed by atoms with Crippen molar-refractivity contribution in [2.75, 3.05) is 12.4 Å². The summed E-state index contributed by atoms with van der Waals surface area (Å²) >= 11 is 0. The highest BCUT2D eigenvalue weighted by molar-refractivity contribution is 5.47. The van der Waals surface area contributed by atoms with E-state index in [1.165, 1.54) is 5.56 Å². The van der Waals surface area contributed by atoms with Crippen LogP contribution in [0.15, 0.2) is 48.5 Å². The largest absolute Gasteiger partial charge is 0.496 e. The van der Waals surface area contributed by atoms with Crippen LogP contribution in [0.4, 0.5) is 5.69 Å².